The van der Waals surface area contributed by atoms with Crippen LogP contribution in [0.2, 0.25) is 5.02 Å². The van der Waals surface area contributed by atoms with Gasteiger partial charge in [0.1, 0.15) is 6.10 Å². The number of halogens is 1. The number of anilines is 1. The number of nitrogens with one attached hydrogen (secondary N) is 1. The number of fused-ring (bicyclic) bond motifs is 1. The Morgan fingerprint density at radius 3 is 2.84 bits per heavy atom. The van der Waals surface area contributed by atoms with Crippen LogP contribution in [-0.4, -0.2) is 29.2 Å². The summed E-state index contributed by atoms with van der Waals surface area (Å²) in [5.74, 6) is 0. The Morgan fingerprint density at radius 1 is 1.16 bits per heavy atom. The van der Waals surface area contributed by atoms with Gasteiger partial charge in [-0.25, -0.2) is 4.98 Å². The first-order valence-electron chi connectivity index (χ1n) is 10.9. The summed E-state index contributed by atoms with van der Waals surface area (Å²) in [5, 5.41) is 7.38. The summed E-state index contributed by atoms with van der Waals surface area (Å²) in [6.45, 7) is 1.43. The number of rotatable bonds is 7. The van der Waals surface area contributed by atoms with Crippen LogP contribution in [0.25, 0.3) is 21.2 Å². The molecule has 2 unspecified atom stereocenters. The maximum Gasteiger partial charge on any atom is 0.183 e. The highest BCUT2D eigenvalue weighted by Gasteiger charge is 2.26. The largest absolute Gasteiger partial charge is 0.372 e. The normalized spacial score (nSPS) is 17.0. The maximum absolute atomic E-state index is 6.38. The summed E-state index contributed by atoms with van der Waals surface area (Å²) in [6, 6.07) is 16.3. The number of hydrogen-bond acceptors (Lipinski definition) is 6. The second-order valence-electron chi connectivity index (χ2n) is 8.14. The van der Waals surface area contributed by atoms with Crippen molar-refractivity contribution in [3.05, 3.63) is 77.2 Å². The first-order chi connectivity index (χ1) is 15.7. The van der Waals surface area contributed by atoms with Crippen molar-refractivity contribution in [3.63, 3.8) is 0 Å². The number of nitrogens with two attached hydrogens (primary N) is 1. The lowest BCUT2D eigenvalue weighted by Crippen LogP contribution is -2.31. The predicted octanol–water partition coefficient (Wildman–Crippen LogP) is 5.85. The molecule has 1 saturated heterocycles. The SMILES string of the molecule is NC(CNc1nc(C2CCCO2)c(-c2ccc3cnccc3c2)s1)Cc1ccc(Cl)cc1. The molecule has 0 aliphatic carbocycles. The number of ether oxygens (including phenoxy) is 1. The molecule has 0 spiro atoms. The van der Waals surface area contributed by atoms with E-state index in [9.17, 15) is 0 Å². The second-order valence-corrected chi connectivity index (χ2v) is 9.58. The van der Waals surface area contributed by atoms with Gasteiger partial charge in [0.05, 0.1) is 10.6 Å². The number of benzene rings is 2. The average Bonchev–Trinajstić information content (AvgIpc) is 3.49. The molecule has 1 aliphatic rings. The fourth-order valence-corrected chi connectivity index (χ4v) is 5.21. The van der Waals surface area contributed by atoms with Crippen molar-refractivity contribution in [2.24, 2.45) is 5.73 Å². The first-order valence-corrected chi connectivity index (χ1v) is 12.1. The Balaban J connectivity index is 1.36. The van der Waals surface area contributed by atoms with Crippen LogP contribution in [0.3, 0.4) is 0 Å². The van der Waals surface area contributed by atoms with Crippen LogP contribution in [0.5, 0.6) is 0 Å². The van der Waals surface area contributed by atoms with Gasteiger partial charge in [0, 0.05) is 42.0 Å². The highest BCUT2D eigenvalue weighted by atomic mass is 35.5. The van der Waals surface area contributed by atoms with E-state index in [1.54, 1.807) is 11.3 Å². The molecule has 2 aromatic heterocycles. The summed E-state index contributed by atoms with van der Waals surface area (Å²) in [7, 11) is 0. The van der Waals surface area contributed by atoms with Gasteiger partial charge < -0.3 is 15.8 Å². The van der Waals surface area contributed by atoms with Gasteiger partial charge in [-0.15, -0.1) is 0 Å². The molecular weight excluding hydrogens is 440 g/mol. The van der Waals surface area contributed by atoms with Gasteiger partial charge in [-0.2, -0.15) is 0 Å². The third-order valence-corrected chi connectivity index (χ3v) is 7.05. The van der Waals surface area contributed by atoms with E-state index in [0.29, 0.717) is 6.54 Å². The quantitative estimate of drug-likeness (QED) is 0.359. The summed E-state index contributed by atoms with van der Waals surface area (Å²) >= 11 is 7.65. The fourth-order valence-electron chi connectivity index (χ4n) is 4.06. The van der Waals surface area contributed by atoms with Crippen LogP contribution >= 0.6 is 22.9 Å². The third kappa shape index (κ3) is 4.79. The summed E-state index contributed by atoms with van der Waals surface area (Å²) in [6.07, 6.45) is 6.62. The Bertz CT molecular complexity index is 1200. The van der Waals surface area contributed by atoms with Crippen LogP contribution in [0, 0.1) is 0 Å². The maximum atomic E-state index is 6.38. The van der Waals surface area contributed by atoms with E-state index in [1.165, 1.54) is 10.9 Å². The monoisotopic (exact) mass is 464 g/mol. The minimum Gasteiger partial charge on any atom is -0.372 e. The number of nitrogens with zero attached hydrogens (tertiary/aromatic N) is 2. The van der Waals surface area contributed by atoms with Gasteiger partial charge in [-0.05, 0) is 60.0 Å². The molecule has 2 aromatic carbocycles. The lowest BCUT2D eigenvalue weighted by atomic mass is 10.0. The van der Waals surface area contributed by atoms with Crippen molar-refractivity contribution >= 4 is 38.8 Å². The zero-order chi connectivity index (χ0) is 21.9. The minimum absolute atomic E-state index is 0.0251. The molecule has 32 heavy (non-hydrogen) atoms. The summed E-state index contributed by atoms with van der Waals surface area (Å²) < 4.78 is 5.99. The molecule has 7 heteroatoms. The van der Waals surface area contributed by atoms with Crippen LogP contribution in [0.15, 0.2) is 60.9 Å². The molecule has 5 rings (SSSR count). The number of pyridine rings is 1. The minimum atomic E-state index is -0.0251. The van der Waals surface area contributed by atoms with Gasteiger partial charge in [-0.1, -0.05) is 47.2 Å². The van der Waals surface area contributed by atoms with E-state index in [0.717, 1.165) is 57.5 Å². The first kappa shape index (κ1) is 21.3. The Kier molecular flexibility index (Phi) is 6.37. The lowest BCUT2D eigenvalue weighted by molar-refractivity contribution is 0.109. The molecule has 0 saturated carbocycles. The standard InChI is InChI=1S/C25H25ClN4OS/c26-20-7-3-16(4-8-20)12-21(27)15-29-25-30-23(22-2-1-11-31-22)24(32-25)18-5-6-19-14-28-10-9-17(19)13-18/h3-10,13-14,21-22H,1-2,11-12,15,27H2,(H,29,30). The van der Waals surface area contributed by atoms with E-state index < -0.39 is 0 Å². The van der Waals surface area contributed by atoms with E-state index in [1.807, 2.05) is 42.7 Å². The van der Waals surface area contributed by atoms with Crippen molar-refractivity contribution in [3.8, 4) is 10.4 Å². The van der Waals surface area contributed by atoms with Crippen LogP contribution in [0.4, 0.5) is 5.13 Å². The summed E-state index contributed by atoms with van der Waals surface area (Å²) in [4.78, 5) is 10.3. The molecule has 0 radical (unpaired) electrons. The van der Waals surface area contributed by atoms with Gasteiger partial charge in [0.2, 0.25) is 0 Å². The third-order valence-electron chi connectivity index (χ3n) is 5.72. The Morgan fingerprint density at radius 2 is 2.03 bits per heavy atom. The Labute approximate surface area is 196 Å². The molecule has 164 valence electrons. The van der Waals surface area contributed by atoms with Crippen LogP contribution in [0.1, 0.15) is 30.2 Å². The van der Waals surface area contributed by atoms with Crippen LogP contribution in [-0.2, 0) is 11.2 Å². The molecule has 0 bridgehead atoms. The molecule has 1 fully saturated rings. The molecule has 5 nitrogen and oxygen atoms in total. The van der Waals surface area contributed by atoms with Gasteiger partial charge in [0.15, 0.2) is 5.13 Å². The number of thiazole rings is 1. The fraction of sp³-hybridized carbons (Fsp3) is 0.280. The molecule has 0 amide bonds. The molecule has 1 aliphatic heterocycles. The van der Waals surface area contributed by atoms with E-state index >= 15 is 0 Å². The number of hydrogen-bond donors (Lipinski definition) is 2. The van der Waals surface area contributed by atoms with Crippen molar-refractivity contribution in [1.82, 2.24) is 9.97 Å². The average molecular weight is 465 g/mol. The zero-order valence-corrected chi connectivity index (χ0v) is 19.2. The highest BCUT2D eigenvalue weighted by molar-refractivity contribution is 7.19. The van der Waals surface area contributed by atoms with Gasteiger partial charge in [-0.3, -0.25) is 4.98 Å². The Hall–Kier alpha value is -2.51. The van der Waals surface area contributed by atoms with E-state index in [4.69, 9.17) is 27.1 Å². The van der Waals surface area contributed by atoms with Crippen molar-refractivity contribution in [2.45, 2.75) is 31.4 Å². The molecular formula is C25H25ClN4OS. The predicted molar refractivity (Wildman–Crippen MR) is 132 cm³/mol. The second kappa shape index (κ2) is 9.55. The molecule has 2 atom stereocenters. The van der Waals surface area contributed by atoms with Crippen molar-refractivity contribution in [2.75, 3.05) is 18.5 Å². The van der Waals surface area contributed by atoms with Gasteiger partial charge in [0.25, 0.3) is 0 Å². The van der Waals surface area contributed by atoms with Gasteiger partial charge >= 0.3 is 0 Å². The number of aromatic nitrogens is 2. The molecule has 3 heterocycles. The molecule has 3 N–H and O–H groups in total. The van der Waals surface area contributed by atoms with Crippen molar-refractivity contribution in [1.29, 1.82) is 0 Å². The zero-order valence-electron chi connectivity index (χ0n) is 17.6. The smallest absolute Gasteiger partial charge is 0.183 e. The van der Waals surface area contributed by atoms with Crippen molar-refractivity contribution < 1.29 is 4.74 Å². The summed E-state index contributed by atoms with van der Waals surface area (Å²) in [5.41, 5.74) is 9.74. The van der Waals surface area contributed by atoms with E-state index in [-0.39, 0.29) is 12.1 Å². The topological polar surface area (TPSA) is 73.1 Å². The van der Waals surface area contributed by atoms with E-state index in [2.05, 4.69) is 28.5 Å². The lowest BCUT2D eigenvalue weighted by Gasteiger charge is -2.12. The van der Waals surface area contributed by atoms with Crippen LogP contribution < -0.4 is 11.1 Å². The highest BCUT2D eigenvalue weighted by Crippen LogP contribution is 2.41. The molecule has 4 aromatic rings.